The maximum absolute atomic E-state index is 3.94. The summed E-state index contributed by atoms with van der Waals surface area (Å²) in [6.07, 6.45) is 2.48. The molecule has 1 aliphatic rings. The Hall–Kier alpha value is -0.860. The highest BCUT2D eigenvalue weighted by molar-refractivity contribution is 5.14. The summed E-state index contributed by atoms with van der Waals surface area (Å²) in [5.74, 6) is 0. The van der Waals surface area contributed by atoms with Gasteiger partial charge in [0.15, 0.2) is 0 Å². The van der Waals surface area contributed by atoms with Crippen LogP contribution >= 0.6 is 0 Å². The van der Waals surface area contributed by atoms with Crippen molar-refractivity contribution in [2.24, 2.45) is 0 Å². The second kappa shape index (κ2) is 6.77. The SMILES string of the molecule is [CH2]CN1CCN(CCCc2ccccc2)CC1. The molecule has 0 atom stereocenters. The monoisotopic (exact) mass is 231 g/mol. The van der Waals surface area contributed by atoms with Crippen LogP contribution in [0.15, 0.2) is 30.3 Å². The summed E-state index contributed by atoms with van der Waals surface area (Å²) >= 11 is 0. The van der Waals surface area contributed by atoms with E-state index in [0.29, 0.717) is 0 Å². The van der Waals surface area contributed by atoms with Gasteiger partial charge in [0.25, 0.3) is 0 Å². The first-order valence-corrected chi connectivity index (χ1v) is 6.66. The molecule has 1 aromatic carbocycles. The summed E-state index contributed by atoms with van der Waals surface area (Å²) in [5, 5.41) is 0. The molecule has 2 heteroatoms. The maximum Gasteiger partial charge on any atom is 0.0110 e. The molecule has 1 aromatic rings. The molecule has 1 radical (unpaired) electrons. The highest BCUT2D eigenvalue weighted by Gasteiger charge is 2.14. The molecule has 0 unspecified atom stereocenters. The number of aryl methyl sites for hydroxylation is 1. The lowest BCUT2D eigenvalue weighted by Crippen LogP contribution is -2.46. The molecule has 2 rings (SSSR count). The van der Waals surface area contributed by atoms with Gasteiger partial charge < -0.3 is 9.80 Å². The van der Waals surface area contributed by atoms with Gasteiger partial charge >= 0.3 is 0 Å². The molecule has 1 heterocycles. The van der Waals surface area contributed by atoms with E-state index in [4.69, 9.17) is 0 Å². The zero-order valence-electron chi connectivity index (χ0n) is 10.6. The fourth-order valence-electron chi connectivity index (χ4n) is 2.39. The van der Waals surface area contributed by atoms with Crippen molar-refractivity contribution in [2.45, 2.75) is 12.8 Å². The Bertz CT molecular complexity index is 302. The number of hydrogen-bond acceptors (Lipinski definition) is 2. The van der Waals surface area contributed by atoms with Gasteiger partial charge in [-0.1, -0.05) is 30.3 Å². The summed E-state index contributed by atoms with van der Waals surface area (Å²) < 4.78 is 0. The van der Waals surface area contributed by atoms with Crippen molar-refractivity contribution in [1.29, 1.82) is 0 Å². The molecule has 93 valence electrons. The van der Waals surface area contributed by atoms with Gasteiger partial charge in [0, 0.05) is 26.2 Å². The molecule has 0 aromatic heterocycles. The quantitative estimate of drug-likeness (QED) is 0.765. The minimum Gasteiger partial charge on any atom is -0.301 e. The van der Waals surface area contributed by atoms with Gasteiger partial charge in [-0.05, 0) is 38.4 Å². The molecule has 2 nitrogen and oxygen atoms in total. The predicted octanol–water partition coefficient (Wildman–Crippen LogP) is 2.07. The number of nitrogens with zero attached hydrogens (tertiary/aromatic N) is 2. The van der Waals surface area contributed by atoms with E-state index < -0.39 is 0 Å². The Kier molecular flexibility index (Phi) is 5.02. The second-order valence-electron chi connectivity index (χ2n) is 4.77. The molecule has 0 N–H and O–H groups in total. The van der Waals surface area contributed by atoms with Crippen LogP contribution in [0.3, 0.4) is 0 Å². The summed E-state index contributed by atoms with van der Waals surface area (Å²) in [4.78, 5) is 5.00. The van der Waals surface area contributed by atoms with E-state index in [-0.39, 0.29) is 0 Å². The van der Waals surface area contributed by atoms with E-state index in [1.807, 2.05) is 0 Å². The largest absolute Gasteiger partial charge is 0.301 e. The molecule has 1 aliphatic heterocycles. The van der Waals surface area contributed by atoms with Crippen molar-refractivity contribution in [1.82, 2.24) is 9.80 Å². The first-order valence-electron chi connectivity index (χ1n) is 6.66. The van der Waals surface area contributed by atoms with Crippen molar-refractivity contribution < 1.29 is 0 Å². The van der Waals surface area contributed by atoms with Crippen molar-refractivity contribution in [3.05, 3.63) is 42.8 Å². The number of hydrogen-bond donors (Lipinski definition) is 0. The summed E-state index contributed by atoms with van der Waals surface area (Å²) in [6.45, 7) is 10.9. The Balaban J connectivity index is 1.63. The molecule has 0 aliphatic carbocycles. The summed E-state index contributed by atoms with van der Waals surface area (Å²) in [7, 11) is 0. The number of rotatable bonds is 5. The Morgan fingerprint density at radius 3 is 2.24 bits per heavy atom. The molecule has 17 heavy (non-hydrogen) atoms. The van der Waals surface area contributed by atoms with Gasteiger partial charge in [-0.2, -0.15) is 0 Å². The van der Waals surface area contributed by atoms with Gasteiger partial charge in [-0.3, -0.25) is 0 Å². The first-order chi connectivity index (χ1) is 8.38. The van der Waals surface area contributed by atoms with Crippen LogP contribution in [0.2, 0.25) is 0 Å². The summed E-state index contributed by atoms with van der Waals surface area (Å²) in [6, 6.07) is 10.8. The molecule has 0 spiro atoms. The van der Waals surface area contributed by atoms with E-state index in [9.17, 15) is 0 Å². The topological polar surface area (TPSA) is 6.48 Å². The third-order valence-corrected chi connectivity index (χ3v) is 3.56. The van der Waals surface area contributed by atoms with Crippen LogP contribution in [-0.4, -0.2) is 49.1 Å². The van der Waals surface area contributed by atoms with Crippen molar-refractivity contribution >= 4 is 0 Å². The van der Waals surface area contributed by atoms with E-state index in [1.165, 1.54) is 51.1 Å². The van der Waals surface area contributed by atoms with E-state index in [2.05, 4.69) is 47.1 Å². The second-order valence-corrected chi connectivity index (χ2v) is 4.77. The summed E-state index contributed by atoms with van der Waals surface area (Å²) in [5.41, 5.74) is 1.46. The third-order valence-electron chi connectivity index (χ3n) is 3.56. The minimum atomic E-state index is 0.956. The highest BCUT2D eigenvalue weighted by atomic mass is 15.3. The average Bonchev–Trinajstić information content (AvgIpc) is 2.41. The van der Waals surface area contributed by atoms with Gasteiger partial charge in [0.2, 0.25) is 0 Å². The molecule has 1 saturated heterocycles. The van der Waals surface area contributed by atoms with Crippen LogP contribution in [-0.2, 0) is 6.42 Å². The zero-order chi connectivity index (χ0) is 11.9. The van der Waals surface area contributed by atoms with Crippen molar-refractivity contribution in [2.75, 3.05) is 39.3 Å². The fourth-order valence-corrected chi connectivity index (χ4v) is 2.39. The van der Waals surface area contributed by atoms with Crippen LogP contribution in [0.25, 0.3) is 0 Å². The van der Waals surface area contributed by atoms with Crippen LogP contribution < -0.4 is 0 Å². The lowest BCUT2D eigenvalue weighted by Gasteiger charge is -2.33. The minimum absolute atomic E-state index is 0.956. The number of benzene rings is 1. The third kappa shape index (κ3) is 4.14. The zero-order valence-corrected chi connectivity index (χ0v) is 10.6. The van der Waals surface area contributed by atoms with Gasteiger partial charge in [-0.25, -0.2) is 0 Å². The molecular weight excluding hydrogens is 208 g/mol. The molecular formula is C15H23N2. The van der Waals surface area contributed by atoms with E-state index in [0.717, 1.165) is 6.54 Å². The smallest absolute Gasteiger partial charge is 0.0110 e. The lowest BCUT2D eigenvalue weighted by molar-refractivity contribution is 0.141. The van der Waals surface area contributed by atoms with Gasteiger partial charge in [-0.15, -0.1) is 0 Å². The predicted molar refractivity (Wildman–Crippen MR) is 73.0 cm³/mol. The Morgan fingerprint density at radius 2 is 1.59 bits per heavy atom. The molecule has 0 amide bonds. The molecule has 1 fully saturated rings. The van der Waals surface area contributed by atoms with Crippen molar-refractivity contribution in [3.8, 4) is 0 Å². The molecule has 0 bridgehead atoms. The highest BCUT2D eigenvalue weighted by Crippen LogP contribution is 2.06. The lowest BCUT2D eigenvalue weighted by atomic mass is 10.1. The first kappa shape index (κ1) is 12.6. The van der Waals surface area contributed by atoms with Crippen LogP contribution in [0.4, 0.5) is 0 Å². The van der Waals surface area contributed by atoms with Gasteiger partial charge in [0.1, 0.15) is 0 Å². The van der Waals surface area contributed by atoms with Crippen LogP contribution in [0.5, 0.6) is 0 Å². The van der Waals surface area contributed by atoms with Crippen LogP contribution in [0.1, 0.15) is 12.0 Å². The van der Waals surface area contributed by atoms with E-state index >= 15 is 0 Å². The Morgan fingerprint density at radius 1 is 0.941 bits per heavy atom. The van der Waals surface area contributed by atoms with Gasteiger partial charge in [0.05, 0.1) is 0 Å². The fraction of sp³-hybridized carbons (Fsp3) is 0.533. The van der Waals surface area contributed by atoms with Crippen molar-refractivity contribution in [3.63, 3.8) is 0 Å². The average molecular weight is 231 g/mol. The number of piperazine rings is 1. The standard InChI is InChI=1S/C15H23N2/c1-2-16-11-13-17(14-12-16)10-6-9-15-7-4-3-5-8-15/h3-5,7-8H,1-2,6,9-14H2. The molecule has 0 saturated carbocycles. The normalized spacial score (nSPS) is 18.4. The van der Waals surface area contributed by atoms with E-state index in [1.54, 1.807) is 0 Å². The Labute approximate surface area is 105 Å². The maximum atomic E-state index is 3.94. The van der Waals surface area contributed by atoms with Crippen LogP contribution in [0, 0.1) is 6.92 Å².